The fourth-order valence-corrected chi connectivity index (χ4v) is 4.56. The average Bonchev–Trinajstić information content (AvgIpc) is 3.25. The fraction of sp³-hybridized carbons (Fsp3) is 0.421. The molecule has 2 fully saturated rings. The number of carbonyl (C=O) groups excluding carboxylic acids is 2. The van der Waals surface area contributed by atoms with Crippen LogP contribution in [0.3, 0.4) is 0 Å². The van der Waals surface area contributed by atoms with Gasteiger partial charge in [-0.1, -0.05) is 6.07 Å². The average molecular weight is 355 g/mol. The van der Waals surface area contributed by atoms with Gasteiger partial charge >= 0.3 is 0 Å². The van der Waals surface area contributed by atoms with Crippen LogP contribution in [0.15, 0.2) is 41.4 Å². The van der Waals surface area contributed by atoms with Crippen molar-refractivity contribution in [1.82, 2.24) is 14.8 Å². The van der Waals surface area contributed by atoms with Gasteiger partial charge < -0.3 is 9.80 Å². The lowest BCUT2D eigenvalue weighted by Gasteiger charge is -2.38. The van der Waals surface area contributed by atoms with E-state index < -0.39 is 0 Å². The van der Waals surface area contributed by atoms with Crippen LogP contribution in [0.25, 0.3) is 0 Å². The third kappa shape index (κ3) is 3.31. The molecule has 2 aliphatic heterocycles. The summed E-state index contributed by atoms with van der Waals surface area (Å²) in [7, 11) is 0. The van der Waals surface area contributed by atoms with Crippen LogP contribution >= 0.6 is 11.3 Å². The summed E-state index contributed by atoms with van der Waals surface area (Å²) in [6, 6.07) is 5.79. The van der Waals surface area contributed by atoms with Crippen molar-refractivity contribution >= 4 is 23.2 Å². The molecule has 0 unspecified atom stereocenters. The van der Waals surface area contributed by atoms with Gasteiger partial charge in [-0.2, -0.15) is 11.3 Å². The van der Waals surface area contributed by atoms with Crippen molar-refractivity contribution < 1.29 is 9.59 Å². The normalized spacial score (nSPS) is 19.6. The second-order valence-corrected chi connectivity index (χ2v) is 7.87. The van der Waals surface area contributed by atoms with Gasteiger partial charge in [0.2, 0.25) is 5.91 Å². The number of piperidine rings is 1. The number of hydrogen-bond donors (Lipinski definition) is 0. The van der Waals surface area contributed by atoms with Crippen molar-refractivity contribution in [3.8, 4) is 0 Å². The first kappa shape index (κ1) is 16.3. The molecule has 2 amide bonds. The fourth-order valence-electron chi connectivity index (χ4n) is 3.93. The van der Waals surface area contributed by atoms with E-state index in [0.717, 1.165) is 43.6 Å². The Morgan fingerprint density at radius 2 is 2.12 bits per heavy atom. The van der Waals surface area contributed by atoms with Crippen molar-refractivity contribution in [2.75, 3.05) is 19.6 Å². The molecule has 2 aromatic heterocycles. The number of likely N-dealkylation sites (tertiary alicyclic amines) is 2. The third-order valence-electron chi connectivity index (χ3n) is 5.38. The van der Waals surface area contributed by atoms with Gasteiger partial charge in [0.15, 0.2) is 0 Å². The van der Waals surface area contributed by atoms with Gasteiger partial charge in [-0.15, -0.1) is 0 Å². The maximum absolute atomic E-state index is 12.5. The molecule has 0 atom stereocenters. The highest BCUT2D eigenvalue weighted by molar-refractivity contribution is 7.08. The van der Waals surface area contributed by atoms with Crippen molar-refractivity contribution in [1.29, 1.82) is 0 Å². The molecule has 5 nitrogen and oxygen atoms in total. The minimum Gasteiger partial charge on any atom is -0.339 e. The van der Waals surface area contributed by atoms with Crippen molar-refractivity contribution in [3.63, 3.8) is 0 Å². The first-order valence-corrected chi connectivity index (χ1v) is 9.58. The lowest BCUT2D eigenvalue weighted by Crippen LogP contribution is -2.44. The maximum atomic E-state index is 12.5. The van der Waals surface area contributed by atoms with E-state index in [0.29, 0.717) is 13.0 Å². The Labute approximate surface area is 151 Å². The van der Waals surface area contributed by atoms with Gasteiger partial charge in [-0.3, -0.25) is 14.6 Å². The molecule has 4 heterocycles. The van der Waals surface area contributed by atoms with Crippen molar-refractivity contribution in [2.24, 2.45) is 5.41 Å². The quantitative estimate of drug-likeness (QED) is 0.851. The first-order chi connectivity index (χ1) is 12.2. The van der Waals surface area contributed by atoms with Crippen LogP contribution in [0, 0.1) is 5.41 Å². The molecule has 130 valence electrons. The smallest absolute Gasteiger partial charge is 0.254 e. The van der Waals surface area contributed by atoms with Crippen LogP contribution in [0.5, 0.6) is 0 Å². The summed E-state index contributed by atoms with van der Waals surface area (Å²) < 4.78 is 0. The number of thiophene rings is 1. The first-order valence-electron chi connectivity index (χ1n) is 8.63. The summed E-state index contributed by atoms with van der Waals surface area (Å²) in [6.07, 6.45) is 5.97. The molecule has 0 N–H and O–H groups in total. The van der Waals surface area contributed by atoms with Gasteiger partial charge in [-0.05, 0) is 35.9 Å². The number of carbonyl (C=O) groups is 2. The van der Waals surface area contributed by atoms with Crippen LogP contribution in [0.4, 0.5) is 0 Å². The lowest BCUT2D eigenvalue weighted by atomic mass is 9.77. The molecule has 0 saturated carbocycles. The van der Waals surface area contributed by atoms with Gasteiger partial charge in [-0.25, -0.2) is 0 Å². The highest BCUT2D eigenvalue weighted by Crippen LogP contribution is 2.41. The minimum atomic E-state index is 0.0325. The summed E-state index contributed by atoms with van der Waals surface area (Å²) >= 11 is 1.55. The van der Waals surface area contributed by atoms with Gasteiger partial charge in [0.25, 0.3) is 5.91 Å². The minimum absolute atomic E-state index is 0.0325. The molecule has 4 rings (SSSR count). The molecule has 2 saturated heterocycles. The monoisotopic (exact) mass is 355 g/mol. The Bertz CT molecular complexity index is 752. The standard InChI is InChI=1S/C19H21N3O2S/c23-17-10-19(14-22(17)12-15-2-1-6-20-11-15)4-7-21(8-5-19)18(24)16-3-9-25-13-16/h1-3,6,9,11,13H,4-5,7-8,10,12,14H2. The largest absolute Gasteiger partial charge is 0.339 e. The summed E-state index contributed by atoms with van der Waals surface area (Å²) in [6.45, 7) is 2.90. The summed E-state index contributed by atoms with van der Waals surface area (Å²) in [5.41, 5.74) is 1.88. The summed E-state index contributed by atoms with van der Waals surface area (Å²) in [5.74, 6) is 0.342. The van der Waals surface area contributed by atoms with E-state index in [1.165, 1.54) is 0 Å². The molecule has 25 heavy (non-hydrogen) atoms. The van der Waals surface area contributed by atoms with Crippen LogP contribution in [-0.2, 0) is 11.3 Å². The molecule has 1 spiro atoms. The molecular formula is C19H21N3O2S. The molecule has 2 aliphatic rings. The zero-order valence-corrected chi connectivity index (χ0v) is 14.9. The van der Waals surface area contributed by atoms with Crippen LogP contribution in [-0.4, -0.2) is 46.2 Å². The third-order valence-corrected chi connectivity index (χ3v) is 6.06. The predicted octanol–water partition coefficient (Wildman–Crippen LogP) is 2.80. The van der Waals surface area contributed by atoms with Crippen LogP contribution in [0.1, 0.15) is 35.2 Å². The Hall–Kier alpha value is -2.21. The number of pyridine rings is 1. The van der Waals surface area contributed by atoms with E-state index >= 15 is 0 Å². The molecule has 0 radical (unpaired) electrons. The Morgan fingerprint density at radius 1 is 1.28 bits per heavy atom. The van der Waals surface area contributed by atoms with Crippen molar-refractivity contribution in [3.05, 3.63) is 52.5 Å². The maximum Gasteiger partial charge on any atom is 0.254 e. The summed E-state index contributed by atoms with van der Waals surface area (Å²) in [5, 5.41) is 3.84. The number of aromatic nitrogens is 1. The zero-order chi connectivity index (χ0) is 17.3. The highest BCUT2D eigenvalue weighted by Gasteiger charge is 2.45. The molecule has 0 aromatic carbocycles. The van der Waals surface area contributed by atoms with E-state index in [9.17, 15) is 9.59 Å². The second-order valence-electron chi connectivity index (χ2n) is 7.09. The number of hydrogen-bond acceptors (Lipinski definition) is 4. The Balaban J connectivity index is 1.38. The number of amides is 2. The van der Waals surface area contributed by atoms with Crippen LogP contribution < -0.4 is 0 Å². The van der Waals surface area contributed by atoms with Crippen molar-refractivity contribution in [2.45, 2.75) is 25.8 Å². The Morgan fingerprint density at radius 3 is 2.80 bits per heavy atom. The topological polar surface area (TPSA) is 53.5 Å². The lowest BCUT2D eigenvalue weighted by molar-refractivity contribution is -0.128. The van der Waals surface area contributed by atoms with Crippen LogP contribution in [0.2, 0.25) is 0 Å². The molecule has 2 aromatic rings. The SMILES string of the molecule is O=C1CC2(CCN(C(=O)c3ccsc3)CC2)CN1Cc1cccnc1. The van der Waals surface area contributed by atoms with E-state index in [2.05, 4.69) is 4.98 Å². The van der Waals surface area contributed by atoms with E-state index in [1.54, 1.807) is 17.5 Å². The Kier molecular flexibility index (Phi) is 4.29. The molecule has 0 bridgehead atoms. The zero-order valence-electron chi connectivity index (χ0n) is 14.1. The summed E-state index contributed by atoms with van der Waals surface area (Å²) in [4.78, 5) is 33.0. The van der Waals surface area contributed by atoms with E-state index in [4.69, 9.17) is 0 Å². The van der Waals surface area contributed by atoms with Gasteiger partial charge in [0, 0.05) is 55.8 Å². The number of nitrogens with zero attached hydrogens (tertiary/aromatic N) is 3. The van der Waals surface area contributed by atoms with Gasteiger partial charge in [0.05, 0.1) is 5.56 Å². The predicted molar refractivity (Wildman–Crippen MR) is 96.2 cm³/mol. The molecular weight excluding hydrogens is 334 g/mol. The van der Waals surface area contributed by atoms with Gasteiger partial charge in [0.1, 0.15) is 0 Å². The second kappa shape index (κ2) is 6.59. The van der Waals surface area contributed by atoms with E-state index in [-0.39, 0.29) is 17.2 Å². The van der Waals surface area contributed by atoms with E-state index in [1.807, 2.05) is 45.0 Å². The number of rotatable bonds is 3. The molecule has 6 heteroatoms. The highest BCUT2D eigenvalue weighted by atomic mass is 32.1. The molecule has 0 aliphatic carbocycles.